The maximum atomic E-state index is 6.24. The second-order valence-corrected chi connectivity index (χ2v) is 5.86. The van der Waals surface area contributed by atoms with Crippen LogP contribution in [0.5, 0.6) is 0 Å². The summed E-state index contributed by atoms with van der Waals surface area (Å²) in [7, 11) is 4.13. The molecule has 1 atom stereocenters. The molecule has 0 aliphatic heterocycles. The summed E-state index contributed by atoms with van der Waals surface area (Å²) in [5.74, 6) is 1.31. The molecule has 5 heteroatoms. The lowest BCUT2D eigenvalue weighted by Gasteiger charge is -2.21. The molecule has 2 rings (SSSR count). The molecule has 0 amide bonds. The van der Waals surface area contributed by atoms with Crippen LogP contribution < -0.4 is 0 Å². The number of alkyl halides is 1. The third-order valence-electron chi connectivity index (χ3n) is 3.30. The molecule has 0 radical (unpaired) electrons. The molecule has 0 saturated heterocycles. The first kappa shape index (κ1) is 14.6. The minimum atomic E-state index is 0.297. The van der Waals surface area contributed by atoms with Crippen molar-refractivity contribution < 1.29 is 0 Å². The Morgan fingerprint density at radius 1 is 1.37 bits per heavy atom. The number of imidazole rings is 1. The van der Waals surface area contributed by atoms with Gasteiger partial charge >= 0.3 is 0 Å². The van der Waals surface area contributed by atoms with Gasteiger partial charge in [0.15, 0.2) is 0 Å². The quantitative estimate of drug-likeness (QED) is 0.799. The monoisotopic (exact) mass is 299 g/mol. The summed E-state index contributed by atoms with van der Waals surface area (Å²) in [6.07, 6.45) is 0. The fraction of sp³-hybridized carbons (Fsp3) is 0.500. The van der Waals surface area contributed by atoms with Gasteiger partial charge in [0.2, 0.25) is 0 Å². The molecule has 2 aromatic rings. The summed E-state index contributed by atoms with van der Waals surface area (Å²) < 4.78 is 2.21. The zero-order chi connectivity index (χ0) is 14.2. The van der Waals surface area contributed by atoms with E-state index in [1.807, 2.05) is 19.1 Å². The van der Waals surface area contributed by atoms with Crippen LogP contribution >= 0.6 is 23.2 Å². The fourth-order valence-electron chi connectivity index (χ4n) is 2.56. The molecule has 0 N–H and O–H groups in total. The van der Waals surface area contributed by atoms with E-state index in [1.165, 1.54) is 0 Å². The maximum Gasteiger partial charge on any atom is 0.125 e. The standard InChI is InChI=1S/C14H19Cl2N3/c1-9(8-18(3)4)19-13(7-15)17-12-6-5-11(16)10(2)14(12)19/h5-6,9H,7-8H2,1-4H3. The SMILES string of the molecule is Cc1c(Cl)ccc2nc(CCl)n(C(C)CN(C)C)c12. The Labute approximate surface area is 124 Å². The summed E-state index contributed by atoms with van der Waals surface area (Å²) in [6, 6.07) is 4.15. The average Bonchev–Trinajstić information content (AvgIpc) is 2.72. The van der Waals surface area contributed by atoms with Crippen molar-refractivity contribution in [2.75, 3.05) is 20.6 Å². The average molecular weight is 300 g/mol. The van der Waals surface area contributed by atoms with Crippen LogP contribution in [0.4, 0.5) is 0 Å². The van der Waals surface area contributed by atoms with Gasteiger partial charge in [0.25, 0.3) is 0 Å². The van der Waals surface area contributed by atoms with Gasteiger partial charge < -0.3 is 9.47 Å². The topological polar surface area (TPSA) is 21.1 Å². The third kappa shape index (κ3) is 2.73. The van der Waals surface area contributed by atoms with Crippen molar-refractivity contribution in [3.63, 3.8) is 0 Å². The highest BCUT2D eigenvalue weighted by molar-refractivity contribution is 6.32. The van der Waals surface area contributed by atoms with Crippen LogP contribution in [0, 0.1) is 6.92 Å². The van der Waals surface area contributed by atoms with Gasteiger partial charge in [0, 0.05) is 17.6 Å². The van der Waals surface area contributed by atoms with Gasteiger partial charge in [0.1, 0.15) is 5.82 Å². The molecule has 19 heavy (non-hydrogen) atoms. The molecule has 3 nitrogen and oxygen atoms in total. The lowest BCUT2D eigenvalue weighted by atomic mass is 10.2. The van der Waals surface area contributed by atoms with Crippen LogP contribution in [0.3, 0.4) is 0 Å². The Bertz CT molecular complexity index is 590. The molecule has 0 saturated carbocycles. The van der Waals surface area contributed by atoms with E-state index in [2.05, 4.69) is 35.5 Å². The van der Waals surface area contributed by atoms with E-state index in [1.54, 1.807) is 0 Å². The van der Waals surface area contributed by atoms with Gasteiger partial charge in [0.05, 0.1) is 16.9 Å². The van der Waals surface area contributed by atoms with Crippen LogP contribution in [0.1, 0.15) is 24.4 Å². The number of likely N-dealkylation sites (N-methyl/N-ethyl adjacent to an activating group) is 1. The van der Waals surface area contributed by atoms with E-state index in [0.717, 1.165) is 34.0 Å². The largest absolute Gasteiger partial charge is 0.323 e. The first-order chi connectivity index (χ1) is 8.95. The molecule has 1 aromatic carbocycles. The number of aryl methyl sites for hydroxylation is 1. The number of fused-ring (bicyclic) bond motifs is 1. The Balaban J connectivity index is 2.65. The van der Waals surface area contributed by atoms with Gasteiger partial charge in [-0.3, -0.25) is 0 Å². The number of rotatable bonds is 4. The van der Waals surface area contributed by atoms with E-state index >= 15 is 0 Å². The fourth-order valence-corrected chi connectivity index (χ4v) is 2.90. The molecule has 0 bridgehead atoms. The highest BCUT2D eigenvalue weighted by Crippen LogP contribution is 2.29. The molecule has 0 aliphatic rings. The Morgan fingerprint density at radius 2 is 2.05 bits per heavy atom. The van der Waals surface area contributed by atoms with Gasteiger partial charge in [-0.15, -0.1) is 11.6 Å². The van der Waals surface area contributed by atoms with E-state index in [-0.39, 0.29) is 0 Å². The zero-order valence-corrected chi connectivity index (χ0v) is 13.3. The summed E-state index contributed by atoms with van der Waals surface area (Å²) in [5.41, 5.74) is 3.12. The van der Waals surface area contributed by atoms with Crippen molar-refractivity contribution in [1.29, 1.82) is 0 Å². The predicted octanol–water partition coefficient (Wildman–Crippen LogP) is 3.86. The number of hydrogen-bond donors (Lipinski definition) is 0. The predicted molar refractivity (Wildman–Crippen MR) is 82.3 cm³/mol. The second kappa shape index (κ2) is 5.70. The molecule has 104 valence electrons. The van der Waals surface area contributed by atoms with E-state index in [0.29, 0.717) is 11.9 Å². The van der Waals surface area contributed by atoms with Crippen molar-refractivity contribution in [3.05, 3.63) is 28.5 Å². The number of halogens is 2. The minimum Gasteiger partial charge on any atom is -0.323 e. The Kier molecular flexibility index (Phi) is 4.39. The van der Waals surface area contributed by atoms with Gasteiger partial charge in [-0.05, 0) is 45.6 Å². The Hall–Kier alpha value is -0.770. The lowest BCUT2D eigenvalue weighted by Crippen LogP contribution is -2.23. The van der Waals surface area contributed by atoms with Crippen molar-refractivity contribution in [2.24, 2.45) is 0 Å². The normalized spacial score (nSPS) is 13.4. The van der Waals surface area contributed by atoms with E-state index in [4.69, 9.17) is 23.2 Å². The smallest absolute Gasteiger partial charge is 0.125 e. The van der Waals surface area contributed by atoms with Gasteiger partial charge in [-0.2, -0.15) is 0 Å². The van der Waals surface area contributed by atoms with Crippen LogP contribution in [-0.2, 0) is 5.88 Å². The minimum absolute atomic E-state index is 0.297. The molecule has 1 aromatic heterocycles. The molecule has 0 fully saturated rings. The number of nitrogens with zero attached hydrogens (tertiary/aromatic N) is 3. The molecule has 1 heterocycles. The first-order valence-electron chi connectivity index (χ1n) is 6.32. The van der Waals surface area contributed by atoms with E-state index in [9.17, 15) is 0 Å². The lowest BCUT2D eigenvalue weighted by molar-refractivity contribution is 0.337. The molecule has 0 aliphatic carbocycles. The molecular formula is C14H19Cl2N3. The highest BCUT2D eigenvalue weighted by atomic mass is 35.5. The van der Waals surface area contributed by atoms with Crippen LogP contribution in [0.2, 0.25) is 5.02 Å². The summed E-state index contributed by atoms with van der Waals surface area (Å²) in [6.45, 7) is 5.14. The van der Waals surface area contributed by atoms with Crippen molar-refractivity contribution in [1.82, 2.24) is 14.5 Å². The maximum absolute atomic E-state index is 6.24. The zero-order valence-electron chi connectivity index (χ0n) is 11.7. The molecule has 0 spiro atoms. The van der Waals surface area contributed by atoms with Gasteiger partial charge in [-0.1, -0.05) is 11.6 Å². The summed E-state index contributed by atoms with van der Waals surface area (Å²) in [5, 5.41) is 0.770. The number of aromatic nitrogens is 2. The van der Waals surface area contributed by atoms with Crippen molar-refractivity contribution in [2.45, 2.75) is 25.8 Å². The van der Waals surface area contributed by atoms with Crippen LogP contribution in [0.15, 0.2) is 12.1 Å². The van der Waals surface area contributed by atoms with Crippen LogP contribution in [-0.4, -0.2) is 35.1 Å². The van der Waals surface area contributed by atoms with Crippen molar-refractivity contribution in [3.8, 4) is 0 Å². The Morgan fingerprint density at radius 3 is 2.63 bits per heavy atom. The van der Waals surface area contributed by atoms with Gasteiger partial charge in [-0.25, -0.2) is 4.98 Å². The number of benzene rings is 1. The summed E-state index contributed by atoms with van der Waals surface area (Å²) in [4.78, 5) is 6.78. The first-order valence-corrected chi connectivity index (χ1v) is 7.23. The highest BCUT2D eigenvalue weighted by Gasteiger charge is 2.18. The van der Waals surface area contributed by atoms with E-state index < -0.39 is 0 Å². The summed E-state index contributed by atoms with van der Waals surface area (Å²) >= 11 is 12.3. The second-order valence-electron chi connectivity index (χ2n) is 5.18. The third-order valence-corrected chi connectivity index (χ3v) is 3.95. The van der Waals surface area contributed by atoms with Crippen molar-refractivity contribution >= 4 is 34.2 Å². The molecular weight excluding hydrogens is 281 g/mol. The molecule has 1 unspecified atom stereocenters. The van der Waals surface area contributed by atoms with Crippen LogP contribution in [0.25, 0.3) is 11.0 Å². The number of hydrogen-bond acceptors (Lipinski definition) is 2.